The molecule has 1 aromatic rings. The molecule has 0 spiro atoms. The molecule has 98 valence electrons. The summed E-state index contributed by atoms with van der Waals surface area (Å²) in [6.07, 6.45) is 6.42. The van der Waals surface area contributed by atoms with Crippen molar-refractivity contribution in [1.29, 1.82) is 0 Å². The lowest BCUT2D eigenvalue weighted by Crippen LogP contribution is -2.34. The summed E-state index contributed by atoms with van der Waals surface area (Å²) in [5.41, 5.74) is 1.82. The van der Waals surface area contributed by atoms with E-state index in [9.17, 15) is 4.79 Å². The van der Waals surface area contributed by atoms with Crippen LogP contribution in [0.5, 0.6) is 0 Å². The van der Waals surface area contributed by atoms with Gasteiger partial charge in [-0.2, -0.15) is 0 Å². The van der Waals surface area contributed by atoms with Crippen molar-refractivity contribution in [2.24, 2.45) is 5.92 Å². The quantitative estimate of drug-likeness (QED) is 0.623. The van der Waals surface area contributed by atoms with Crippen molar-refractivity contribution in [2.45, 2.75) is 26.2 Å². The Morgan fingerprint density at radius 1 is 1.44 bits per heavy atom. The van der Waals surface area contributed by atoms with Crippen LogP contribution in [0.1, 0.15) is 36.5 Å². The predicted octanol–water partition coefficient (Wildman–Crippen LogP) is 1.22. The summed E-state index contributed by atoms with van der Waals surface area (Å²) in [5.74, 6) is 0.867. The van der Waals surface area contributed by atoms with Crippen LogP contribution >= 0.6 is 0 Å². The second kappa shape index (κ2) is 5.77. The van der Waals surface area contributed by atoms with Crippen LogP contribution in [0.2, 0.25) is 0 Å². The van der Waals surface area contributed by atoms with Crippen molar-refractivity contribution in [3.63, 3.8) is 0 Å². The zero-order valence-electron chi connectivity index (χ0n) is 10.5. The number of piperidine rings is 1. The van der Waals surface area contributed by atoms with Gasteiger partial charge in [-0.1, -0.05) is 13.3 Å². The fourth-order valence-electron chi connectivity index (χ4n) is 2.21. The average Bonchev–Trinajstić information content (AvgIpc) is 2.47. The van der Waals surface area contributed by atoms with Crippen LogP contribution in [0.25, 0.3) is 0 Å². The standard InChI is InChI=1S/C12H18N4O2/c1-2-9-3-5-16(6-4-9)12-13-7-10(8-14-12)11(17)15-18/h7-9,18H,2-6H2,1H3,(H,15,17). The van der Waals surface area contributed by atoms with Gasteiger partial charge in [-0.15, -0.1) is 0 Å². The SMILES string of the molecule is CCC1CCN(c2ncc(C(=O)NO)cn2)CC1. The monoisotopic (exact) mass is 250 g/mol. The first-order valence-electron chi connectivity index (χ1n) is 6.26. The molecule has 6 nitrogen and oxygen atoms in total. The number of rotatable bonds is 3. The minimum atomic E-state index is -0.591. The fourth-order valence-corrected chi connectivity index (χ4v) is 2.21. The fraction of sp³-hybridized carbons (Fsp3) is 0.583. The number of hydrogen-bond acceptors (Lipinski definition) is 5. The van der Waals surface area contributed by atoms with Gasteiger partial charge in [0.05, 0.1) is 5.56 Å². The zero-order chi connectivity index (χ0) is 13.0. The number of hydroxylamine groups is 1. The summed E-state index contributed by atoms with van der Waals surface area (Å²) < 4.78 is 0. The number of amides is 1. The minimum absolute atomic E-state index is 0.254. The van der Waals surface area contributed by atoms with Crippen LogP contribution in [0.3, 0.4) is 0 Å². The number of carbonyl (C=O) groups excluding carboxylic acids is 1. The molecule has 0 aromatic carbocycles. The highest BCUT2D eigenvalue weighted by molar-refractivity contribution is 5.92. The molecule has 0 atom stereocenters. The lowest BCUT2D eigenvalue weighted by Gasteiger charge is -2.31. The van der Waals surface area contributed by atoms with Gasteiger partial charge >= 0.3 is 0 Å². The smallest absolute Gasteiger partial charge is 0.277 e. The molecule has 0 saturated carbocycles. The Labute approximate surface area is 106 Å². The summed E-state index contributed by atoms with van der Waals surface area (Å²) in [5, 5.41) is 8.50. The first-order valence-corrected chi connectivity index (χ1v) is 6.26. The van der Waals surface area contributed by atoms with Crippen LogP contribution < -0.4 is 10.4 Å². The molecule has 0 radical (unpaired) electrons. The predicted molar refractivity (Wildman–Crippen MR) is 66.5 cm³/mol. The second-order valence-electron chi connectivity index (χ2n) is 4.55. The number of nitrogens with one attached hydrogen (secondary N) is 1. The molecule has 2 N–H and O–H groups in total. The molecule has 6 heteroatoms. The molecule has 2 rings (SSSR count). The van der Waals surface area contributed by atoms with Gasteiger partial charge in [-0.25, -0.2) is 15.4 Å². The average molecular weight is 250 g/mol. The summed E-state index contributed by atoms with van der Waals surface area (Å²) in [7, 11) is 0. The van der Waals surface area contributed by atoms with Gasteiger partial charge in [0, 0.05) is 25.5 Å². The van der Waals surface area contributed by atoms with E-state index in [-0.39, 0.29) is 5.56 Å². The molecule has 1 aliphatic rings. The van der Waals surface area contributed by atoms with Crippen molar-refractivity contribution < 1.29 is 10.0 Å². The molecule has 1 aliphatic heterocycles. The highest BCUT2D eigenvalue weighted by atomic mass is 16.5. The van der Waals surface area contributed by atoms with E-state index in [0.717, 1.165) is 19.0 Å². The third-order valence-corrected chi connectivity index (χ3v) is 3.48. The molecule has 0 bridgehead atoms. The first-order chi connectivity index (χ1) is 8.74. The molecule has 18 heavy (non-hydrogen) atoms. The van der Waals surface area contributed by atoms with E-state index in [1.165, 1.54) is 31.7 Å². The van der Waals surface area contributed by atoms with E-state index in [2.05, 4.69) is 21.8 Å². The van der Waals surface area contributed by atoms with Gasteiger partial charge in [-0.3, -0.25) is 10.0 Å². The molecular weight excluding hydrogens is 232 g/mol. The molecule has 1 amide bonds. The second-order valence-corrected chi connectivity index (χ2v) is 4.55. The molecular formula is C12H18N4O2. The molecule has 2 heterocycles. The maximum Gasteiger partial charge on any atom is 0.277 e. The topological polar surface area (TPSA) is 78.4 Å². The Kier molecular flexibility index (Phi) is 4.09. The van der Waals surface area contributed by atoms with Gasteiger partial charge in [0.1, 0.15) is 0 Å². The van der Waals surface area contributed by atoms with Crippen LogP contribution in [0.4, 0.5) is 5.95 Å². The van der Waals surface area contributed by atoms with Crippen LogP contribution in [-0.2, 0) is 0 Å². The zero-order valence-corrected chi connectivity index (χ0v) is 10.5. The van der Waals surface area contributed by atoms with Crippen molar-refractivity contribution in [1.82, 2.24) is 15.4 Å². The maximum absolute atomic E-state index is 11.1. The Hall–Kier alpha value is -1.69. The Balaban J connectivity index is 2.00. The third-order valence-electron chi connectivity index (χ3n) is 3.48. The summed E-state index contributed by atoms with van der Waals surface area (Å²) in [4.78, 5) is 21.6. The summed E-state index contributed by atoms with van der Waals surface area (Å²) in [6.45, 7) is 4.15. The lowest BCUT2D eigenvalue weighted by molar-refractivity contribution is 0.0705. The van der Waals surface area contributed by atoms with E-state index in [1.54, 1.807) is 5.48 Å². The van der Waals surface area contributed by atoms with E-state index in [1.807, 2.05) is 0 Å². The first kappa shape index (κ1) is 12.8. The van der Waals surface area contributed by atoms with Gasteiger partial charge in [0.2, 0.25) is 5.95 Å². The van der Waals surface area contributed by atoms with Crippen molar-refractivity contribution in [3.05, 3.63) is 18.0 Å². The largest absolute Gasteiger partial charge is 0.341 e. The maximum atomic E-state index is 11.1. The Morgan fingerprint density at radius 2 is 2.06 bits per heavy atom. The lowest BCUT2D eigenvalue weighted by atomic mass is 9.95. The van der Waals surface area contributed by atoms with Crippen LogP contribution in [0, 0.1) is 5.92 Å². The van der Waals surface area contributed by atoms with Crippen molar-refractivity contribution in [3.8, 4) is 0 Å². The highest BCUT2D eigenvalue weighted by Crippen LogP contribution is 2.22. The van der Waals surface area contributed by atoms with Crippen molar-refractivity contribution in [2.75, 3.05) is 18.0 Å². The summed E-state index contributed by atoms with van der Waals surface area (Å²) in [6, 6.07) is 0. The normalized spacial score (nSPS) is 16.7. The number of nitrogens with zero attached hydrogens (tertiary/aromatic N) is 3. The van der Waals surface area contributed by atoms with E-state index in [4.69, 9.17) is 5.21 Å². The molecule has 1 fully saturated rings. The van der Waals surface area contributed by atoms with Gasteiger partial charge in [-0.05, 0) is 18.8 Å². The number of aromatic nitrogens is 2. The van der Waals surface area contributed by atoms with Crippen LogP contribution in [-0.4, -0.2) is 34.2 Å². The van der Waals surface area contributed by atoms with Crippen LogP contribution in [0.15, 0.2) is 12.4 Å². The van der Waals surface area contributed by atoms with E-state index >= 15 is 0 Å². The minimum Gasteiger partial charge on any atom is -0.341 e. The van der Waals surface area contributed by atoms with E-state index < -0.39 is 5.91 Å². The molecule has 0 unspecified atom stereocenters. The summed E-state index contributed by atoms with van der Waals surface area (Å²) >= 11 is 0. The van der Waals surface area contributed by atoms with E-state index in [0.29, 0.717) is 5.95 Å². The van der Waals surface area contributed by atoms with Gasteiger partial charge < -0.3 is 4.90 Å². The third kappa shape index (κ3) is 2.76. The number of anilines is 1. The molecule has 0 aliphatic carbocycles. The van der Waals surface area contributed by atoms with Gasteiger partial charge in [0.15, 0.2) is 0 Å². The Bertz CT molecular complexity index is 399. The van der Waals surface area contributed by atoms with Gasteiger partial charge in [0.25, 0.3) is 5.91 Å². The van der Waals surface area contributed by atoms with Crippen molar-refractivity contribution >= 4 is 11.9 Å². The molecule has 1 aromatic heterocycles. The molecule has 1 saturated heterocycles. The highest BCUT2D eigenvalue weighted by Gasteiger charge is 2.19. The Morgan fingerprint density at radius 3 is 2.56 bits per heavy atom. The number of hydrogen-bond donors (Lipinski definition) is 2. The number of carbonyl (C=O) groups is 1.